The molecule has 1 aromatic carbocycles. The van der Waals surface area contributed by atoms with Crippen molar-refractivity contribution in [2.24, 2.45) is 0 Å². The van der Waals surface area contributed by atoms with Crippen LogP contribution >= 0.6 is 23.6 Å². The first-order chi connectivity index (χ1) is 12.4. The van der Waals surface area contributed by atoms with E-state index in [1.54, 1.807) is 18.4 Å². The van der Waals surface area contributed by atoms with Gasteiger partial charge in [-0.3, -0.25) is 14.5 Å². The highest BCUT2D eigenvalue weighted by atomic mass is 32.1. The fraction of sp³-hybridized carbons (Fsp3) is 0.235. The molecule has 0 aliphatic carbocycles. The standard InChI is InChI=1S/C17H16F2N4OS2/c1-9(12-6-5-11(18)8-13(12)19)20-16(24)10(2)23-15(21-22-17(23)25)14-4-3-7-26-14/h3-10H,1-2H3,(H,20,24)(H,22,25)/t9-,10+/m0/s1. The molecule has 1 amide bonds. The summed E-state index contributed by atoms with van der Waals surface area (Å²) in [5.74, 6) is -1.15. The van der Waals surface area contributed by atoms with Crippen molar-refractivity contribution >= 4 is 29.5 Å². The molecule has 0 aliphatic rings. The third-order valence-corrected chi connectivity index (χ3v) is 5.15. The second-order valence-electron chi connectivity index (χ2n) is 5.77. The molecule has 2 heterocycles. The highest BCUT2D eigenvalue weighted by molar-refractivity contribution is 7.71. The van der Waals surface area contributed by atoms with Gasteiger partial charge in [-0.1, -0.05) is 12.1 Å². The van der Waals surface area contributed by atoms with Crippen molar-refractivity contribution in [1.82, 2.24) is 20.1 Å². The number of halogens is 2. The number of rotatable bonds is 5. The molecule has 26 heavy (non-hydrogen) atoms. The number of carbonyl (C=O) groups is 1. The van der Waals surface area contributed by atoms with Gasteiger partial charge in [0.15, 0.2) is 10.6 Å². The molecule has 9 heteroatoms. The van der Waals surface area contributed by atoms with Gasteiger partial charge in [0.05, 0.1) is 10.9 Å². The van der Waals surface area contributed by atoms with Crippen LogP contribution in [-0.4, -0.2) is 20.7 Å². The number of H-pyrrole nitrogens is 1. The summed E-state index contributed by atoms with van der Waals surface area (Å²) in [7, 11) is 0. The van der Waals surface area contributed by atoms with Crippen LogP contribution in [0.15, 0.2) is 35.7 Å². The van der Waals surface area contributed by atoms with Crippen LogP contribution in [0.4, 0.5) is 8.78 Å². The van der Waals surface area contributed by atoms with Crippen LogP contribution in [0.1, 0.15) is 31.5 Å². The number of nitrogens with one attached hydrogen (secondary N) is 2. The Bertz CT molecular complexity index is 981. The van der Waals surface area contributed by atoms with Crippen LogP contribution in [0.5, 0.6) is 0 Å². The molecular weight excluding hydrogens is 378 g/mol. The molecular formula is C17H16F2N4OS2. The van der Waals surface area contributed by atoms with E-state index in [-0.39, 0.29) is 11.5 Å². The molecule has 2 atom stereocenters. The Hall–Kier alpha value is -2.39. The third-order valence-electron chi connectivity index (χ3n) is 4.00. The van der Waals surface area contributed by atoms with E-state index < -0.39 is 23.7 Å². The highest BCUT2D eigenvalue weighted by Crippen LogP contribution is 2.26. The minimum Gasteiger partial charge on any atom is -0.348 e. The second-order valence-corrected chi connectivity index (χ2v) is 7.11. The lowest BCUT2D eigenvalue weighted by Gasteiger charge is -2.20. The first-order valence-electron chi connectivity index (χ1n) is 7.84. The molecule has 0 radical (unpaired) electrons. The zero-order valence-corrected chi connectivity index (χ0v) is 15.6. The monoisotopic (exact) mass is 394 g/mol. The van der Waals surface area contributed by atoms with Gasteiger partial charge in [0.2, 0.25) is 5.91 Å². The van der Waals surface area contributed by atoms with Gasteiger partial charge >= 0.3 is 0 Å². The van der Waals surface area contributed by atoms with E-state index in [9.17, 15) is 13.6 Å². The van der Waals surface area contributed by atoms with Crippen molar-refractivity contribution < 1.29 is 13.6 Å². The lowest BCUT2D eigenvalue weighted by Crippen LogP contribution is -2.33. The quantitative estimate of drug-likeness (QED) is 0.631. The number of amides is 1. The Morgan fingerprint density at radius 3 is 2.77 bits per heavy atom. The van der Waals surface area contributed by atoms with Crippen LogP contribution in [-0.2, 0) is 4.79 Å². The summed E-state index contributed by atoms with van der Waals surface area (Å²) >= 11 is 6.73. The molecule has 5 nitrogen and oxygen atoms in total. The lowest BCUT2D eigenvalue weighted by molar-refractivity contribution is -0.124. The van der Waals surface area contributed by atoms with Crippen LogP contribution in [0.2, 0.25) is 0 Å². The maximum Gasteiger partial charge on any atom is 0.243 e. The van der Waals surface area contributed by atoms with E-state index in [0.29, 0.717) is 10.6 Å². The summed E-state index contributed by atoms with van der Waals surface area (Å²) in [6, 6.07) is 5.75. The number of aromatic nitrogens is 3. The van der Waals surface area contributed by atoms with Gasteiger partial charge in [0.1, 0.15) is 17.7 Å². The molecule has 0 aliphatic heterocycles. The van der Waals surface area contributed by atoms with E-state index in [4.69, 9.17) is 12.2 Å². The fourth-order valence-corrected chi connectivity index (χ4v) is 3.63. The summed E-state index contributed by atoms with van der Waals surface area (Å²) in [6.45, 7) is 3.32. The Kier molecular flexibility index (Phi) is 5.28. The Morgan fingerprint density at radius 1 is 1.35 bits per heavy atom. The van der Waals surface area contributed by atoms with Crippen molar-refractivity contribution in [3.05, 3.63) is 57.7 Å². The first kappa shape index (κ1) is 18.4. The van der Waals surface area contributed by atoms with Crippen LogP contribution < -0.4 is 5.32 Å². The van der Waals surface area contributed by atoms with Gasteiger partial charge in [-0.15, -0.1) is 11.3 Å². The van der Waals surface area contributed by atoms with Crippen molar-refractivity contribution in [3.63, 3.8) is 0 Å². The lowest BCUT2D eigenvalue weighted by atomic mass is 10.1. The molecule has 0 saturated heterocycles. The van der Waals surface area contributed by atoms with Gasteiger partial charge < -0.3 is 5.32 Å². The predicted octanol–water partition coefficient (Wildman–Crippen LogP) is 4.39. The van der Waals surface area contributed by atoms with E-state index in [0.717, 1.165) is 17.0 Å². The number of thiophene rings is 1. The third kappa shape index (κ3) is 3.58. The maximum absolute atomic E-state index is 13.9. The summed E-state index contributed by atoms with van der Waals surface area (Å²) in [6.07, 6.45) is 0. The van der Waals surface area contributed by atoms with E-state index in [1.807, 2.05) is 17.5 Å². The smallest absolute Gasteiger partial charge is 0.243 e. The largest absolute Gasteiger partial charge is 0.348 e. The van der Waals surface area contributed by atoms with Crippen LogP contribution in [0, 0.1) is 16.4 Å². The number of carbonyl (C=O) groups excluding carboxylic acids is 1. The van der Waals surface area contributed by atoms with Crippen molar-refractivity contribution in [2.75, 3.05) is 0 Å². The number of hydrogen-bond donors (Lipinski definition) is 2. The number of nitrogens with zero attached hydrogens (tertiary/aromatic N) is 2. The molecule has 0 fully saturated rings. The molecule has 0 bridgehead atoms. The van der Waals surface area contributed by atoms with Gasteiger partial charge in [0.25, 0.3) is 0 Å². The molecule has 136 valence electrons. The number of hydrogen-bond acceptors (Lipinski definition) is 4. The molecule has 0 spiro atoms. The highest BCUT2D eigenvalue weighted by Gasteiger charge is 2.23. The summed E-state index contributed by atoms with van der Waals surface area (Å²) in [4.78, 5) is 13.5. The number of benzene rings is 1. The SMILES string of the molecule is C[C@H](NC(=O)[C@@H](C)n1c(-c2cccs2)n[nH]c1=S)c1ccc(F)cc1F. The Balaban J connectivity index is 1.83. The minimum absolute atomic E-state index is 0.209. The molecule has 0 saturated carbocycles. The normalized spacial score (nSPS) is 13.4. The van der Waals surface area contributed by atoms with E-state index in [1.165, 1.54) is 17.4 Å². The van der Waals surface area contributed by atoms with Gasteiger partial charge in [-0.2, -0.15) is 5.10 Å². The zero-order valence-electron chi connectivity index (χ0n) is 14.0. The van der Waals surface area contributed by atoms with Gasteiger partial charge in [-0.25, -0.2) is 8.78 Å². The average Bonchev–Trinajstić information content (AvgIpc) is 3.23. The van der Waals surface area contributed by atoms with Gasteiger partial charge in [0, 0.05) is 11.6 Å². The van der Waals surface area contributed by atoms with Crippen LogP contribution in [0.3, 0.4) is 0 Å². The maximum atomic E-state index is 13.9. The van der Waals surface area contributed by atoms with Crippen LogP contribution in [0.25, 0.3) is 10.7 Å². The van der Waals surface area contributed by atoms with E-state index >= 15 is 0 Å². The van der Waals surface area contributed by atoms with Crippen molar-refractivity contribution in [1.29, 1.82) is 0 Å². The molecule has 2 N–H and O–H groups in total. The Labute approximate surface area is 157 Å². The molecule has 0 unspecified atom stereocenters. The number of aromatic amines is 1. The summed E-state index contributed by atoms with van der Waals surface area (Å²) in [5, 5.41) is 11.5. The molecule has 3 rings (SSSR count). The van der Waals surface area contributed by atoms with E-state index in [2.05, 4.69) is 15.5 Å². The van der Waals surface area contributed by atoms with Gasteiger partial charge in [-0.05, 0) is 43.6 Å². The second kappa shape index (κ2) is 7.46. The minimum atomic E-state index is -0.704. The first-order valence-corrected chi connectivity index (χ1v) is 9.13. The topological polar surface area (TPSA) is 62.7 Å². The summed E-state index contributed by atoms with van der Waals surface area (Å²) < 4.78 is 28.9. The Morgan fingerprint density at radius 2 is 2.12 bits per heavy atom. The molecule has 2 aromatic heterocycles. The van der Waals surface area contributed by atoms with Crippen molar-refractivity contribution in [3.8, 4) is 10.7 Å². The summed E-state index contributed by atoms with van der Waals surface area (Å²) in [5.41, 5.74) is 0.209. The zero-order chi connectivity index (χ0) is 18.8. The fourth-order valence-electron chi connectivity index (χ4n) is 2.63. The van der Waals surface area contributed by atoms with Crippen molar-refractivity contribution in [2.45, 2.75) is 25.9 Å². The average molecular weight is 394 g/mol. The molecule has 3 aromatic rings. The predicted molar refractivity (Wildman–Crippen MR) is 98.4 cm³/mol.